The number of pyridine rings is 1. The first-order valence-electron chi connectivity index (χ1n) is 19.6. The van der Waals surface area contributed by atoms with Gasteiger partial charge < -0.3 is 25.2 Å². The van der Waals surface area contributed by atoms with Crippen molar-refractivity contribution < 1.29 is 14.3 Å². The molecule has 2 aliphatic rings. The van der Waals surface area contributed by atoms with Crippen LogP contribution in [0.5, 0.6) is 5.75 Å². The summed E-state index contributed by atoms with van der Waals surface area (Å²) in [6.45, 7) is 7.07. The lowest BCUT2D eigenvalue weighted by atomic mass is 9.99. The largest absolute Gasteiger partial charge is 0.489 e. The maximum absolute atomic E-state index is 12.7. The van der Waals surface area contributed by atoms with Gasteiger partial charge in [-0.25, -0.2) is 4.98 Å². The summed E-state index contributed by atoms with van der Waals surface area (Å²) in [6.07, 6.45) is 7.83. The first-order chi connectivity index (χ1) is 26.5. The van der Waals surface area contributed by atoms with Crippen molar-refractivity contribution in [3.63, 3.8) is 0 Å². The second-order valence-electron chi connectivity index (χ2n) is 14.5. The number of nitrogens with zero attached hydrogens (tertiary/aromatic N) is 3. The van der Waals surface area contributed by atoms with E-state index in [2.05, 4.69) is 56.8 Å². The second-order valence-corrected chi connectivity index (χ2v) is 14.5. The van der Waals surface area contributed by atoms with Crippen LogP contribution in [0.2, 0.25) is 0 Å². The lowest BCUT2D eigenvalue weighted by Gasteiger charge is -2.14. The van der Waals surface area contributed by atoms with Crippen LogP contribution in [0.1, 0.15) is 56.9 Å². The molecule has 278 valence electrons. The topological polar surface area (TPSA) is 86.8 Å². The summed E-state index contributed by atoms with van der Waals surface area (Å²) >= 11 is 0. The minimum absolute atomic E-state index is 0.0438. The molecule has 2 saturated heterocycles. The standard InChI is InChI=1S/C46H51N5O3/c52-45(12-8-30-50-26-4-5-27-50)47-40-20-14-37(15-21-40)43-32-39(36-18-24-42(25-19-36)54-34-35-10-2-1-3-11-35)33-44(49-43)38-16-22-41(23-17-38)48-46(53)13-9-31-51-28-6-7-29-51/h1-3,10-11,14-25,32-33H,4-9,12-13,26-31,34H2,(H,47,52)(H,48,53). The molecule has 3 heterocycles. The van der Waals surface area contributed by atoms with Gasteiger partial charge in [-0.05, 0) is 143 Å². The molecule has 54 heavy (non-hydrogen) atoms. The normalized spacial score (nSPS) is 14.6. The van der Waals surface area contributed by atoms with Crippen molar-refractivity contribution in [2.24, 2.45) is 0 Å². The van der Waals surface area contributed by atoms with Crippen molar-refractivity contribution in [2.45, 2.75) is 58.0 Å². The van der Waals surface area contributed by atoms with Gasteiger partial charge in [-0.3, -0.25) is 9.59 Å². The molecule has 5 aromatic rings. The number of hydrogen-bond donors (Lipinski definition) is 2. The van der Waals surface area contributed by atoms with Crippen LogP contribution in [-0.2, 0) is 16.2 Å². The third-order valence-corrected chi connectivity index (χ3v) is 10.3. The lowest BCUT2D eigenvalue weighted by Crippen LogP contribution is -2.22. The van der Waals surface area contributed by atoms with Gasteiger partial charge in [0, 0.05) is 35.3 Å². The number of benzene rings is 4. The highest BCUT2D eigenvalue weighted by molar-refractivity contribution is 5.92. The molecule has 0 unspecified atom stereocenters. The average Bonchev–Trinajstić information content (AvgIpc) is 3.94. The van der Waals surface area contributed by atoms with Gasteiger partial charge in [-0.1, -0.05) is 66.7 Å². The Morgan fingerprint density at radius 3 is 1.50 bits per heavy atom. The molecule has 2 N–H and O–H groups in total. The molecule has 0 bridgehead atoms. The maximum atomic E-state index is 12.7. The molecule has 0 atom stereocenters. The SMILES string of the molecule is O=C(CCCN1CCCC1)Nc1ccc(-c2cc(-c3ccc(OCc4ccccc4)cc3)cc(-c3ccc(NC(=O)CCCN4CCCC4)cc3)n2)cc1. The van der Waals surface area contributed by atoms with Gasteiger partial charge in [0.25, 0.3) is 0 Å². The number of amides is 2. The monoisotopic (exact) mass is 721 g/mol. The van der Waals surface area contributed by atoms with Crippen LogP contribution in [0.3, 0.4) is 0 Å². The third-order valence-electron chi connectivity index (χ3n) is 10.3. The van der Waals surface area contributed by atoms with E-state index in [9.17, 15) is 9.59 Å². The van der Waals surface area contributed by atoms with E-state index in [-0.39, 0.29) is 11.8 Å². The molecular weight excluding hydrogens is 671 g/mol. The summed E-state index contributed by atoms with van der Waals surface area (Å²) in [7, 11) is 0. The molecule has 4 aromatic carbocycles. The Hall–Kier alpha value is -5.31. The van der Waals surface area contributed by atoms with Gasteiger partial charge in [0.05, 0.1) is 11.4 Å². The maximum Gasteiger partial charge on any atom is 0.224 e. The quantitative estimate of drug-likeness (QED) is 0.106. The zero-order valence-electron chi connectivity index (χ0n) is 31.1. The Morgan fingerprint density at radius 2 is 1.02 bits per heavy atom. The Bertz CT molecular complexity index is 1850. The molecular formula is C46H51N5O3. The van der Waals surface area contributed by atoms with Crippen LogP contribution < -0.4 is 15.4 Å². The Kier molecular flexibility index (Phi) is 12.8. The van der Waals surface area contributed by atoms with E-state index >= 15 is 0 Å². The van der Waals surface area contributed by atoms with Crippen molar-refractivity contribution >= 4 is 23.2 Å². The Balaban J connectivity index is 1.05. The van der Waals surface area contributed by atoms with E-state index in [1.165, 1.54) is 25.7 Å². The van der Waals surface area contributed by atoms with E-state index in [0.717, 1.165) is 108 Å². The number of rotatable bonds is 16. The molecule has 0 radical (unpaired) electrons. The predicted molar refractivity (Wildman–Crippen MR) is 218 cm³/mol. The summed E-state index contributed by atoms with van der Waals surface area (Å²) in [6, 6.07) is 38.4. The highest BCUT2D eigenvalue weighted by Crippen LogP contribution is 2.32. The fourth-order valence-electron chi connectivity index (χ4n) is 7.31. The second kappa shape index (κ2) is 18.6. The smallest absolute Gasteiger partial charge is 0.224 e. The third kappa shape index (κ3) is 10.6. The van der Waals surface area contributed by atoms with Gasteiger partial charge in [0.15, 0.2) is 0 Å². The van der Waals surface area contributed by atoms with Crippen molar-refractivity contribution in [2.75, 3.05) is 49.9 Å². The number of ether oxygens (including phenoxy) is 1. The molecule has 8 heteroatoms. The summed E-state index contributed by atoms with van der Waals surface area (Å²) in [5.41, 5.74) is 8.30. The lowest BCUT2D eigenvalue weighted by molar-refractivity contribution is -0.117. The summed E-state index contributed by atoms with van der Waals surface area (Å²) in [5, 5.41) is 6.13. The fraction of sp³-hybridized carbons (Fsp3) is 0.326. The number of carbonyl (C=O) groups is 2. The zero-order chi connectivity index (χ0) is 37.0. The molecule has 2 fully saturated rings. The van der Waals surface area contributed by atoms with E-state index < -0.39 is 0 Å². The van der Waals surface area contributed by atoms with E-state index in [0.29, 0.717) is 19.4 Å². The number of aromatic nitrogens is 1. The number of nitrogens with one attached hydrogen (secondary N) is 2. The number of carbonyl (C=O) groups excluding carboxylic acids is 2. The molecule has 1 aromatic heterocycles. The van der Waals surface area contributed by atoms with Gasteiger partial charge >= 0.3 is 0 Å². The molecule has 0 spiro atoms. The first-order valence-corrected chi connectivity index (χ1v) is 19.6. The highest BCUT2D eigenvalue weighted by Gasteiger charge is 2.14. The van der Waals surface area contributed by atoms with Gasteiger partial charge in [-0.15, -0.1) is 0 Å². The van der Waals surface area contributed by atoms with Crippen LogP contribution >= 0.6 is 0 Å². The van der Waals surface area contributed by atoms with Gasteiger partial charge in [-0.2, -0.15) is 0 Å². The van der Waals surface area contributed by atoms with Crippen LogP contribution in [-0.4, -0.2) is 65.9 Å². The van der Waals surface area contributed by atoms with Gasteiger partial charge in [0.2, 0.25) is 11.8 Å². The minimum atomic E-state index is 0.0438. The fourth-order valence-corrected chi connectivity index (χ4v) is 7.31. The molecule has 2 aliphatic heterocycles. The number of hydrogen-bond acceptors (Lipinski definition) is 6. The van der Waals surface area contributed by atoms with Crippen molar-refractivity contribution in [3.8, 4) is 39.4 Å². The summed E-state index contributed by atoms with van der Waals surface area (Å²) in [5.74, 6) is 0.893. The van der Waals surface area contributed by atoms with Crippen molar-refractivity contribution in [3.05, 3.63) is 121 Å². The average molecular weight is 722 g/mol. The molecule has 8 nitrogen and oxygen atoms in total. The zero-order valence-corrected chi connectivity index (χ0v) is 31.1. The predicted octanol–water partition coefficient (Wildman–Crippen LogP) is 9.29. The van der Waals surface area contributed by atoms with Crippen molar-refractivity contribution in [1.29, 1.82) is 0 Å². The summed E-state index contributed by atoms with van der Waals surface area (Å²) in [4.78, 5) is 35.4. The van der Waals surface area contributed by atoms with Crippen LogP contribution in [0.25, 0.3) is 33.6 Å². The molecule has 0 aliphatic carbocycles. The van der Waals surface area contributed by atoms with Gasteiger partial charge in [0.1, 0.15) is 12.4 Å². The number of likely N-dealkylation sites (tertiary alicyclic amines) is 2. The summed E-state index contributed by atoms with van der Waals surface area (Å²) < 4.78 is 6.06. The van der Waals surface area contributed by atoms with E-state index in [4.69, 9.17) is 9.72 Å². The number of anilines is 2. The van der Waals surface area contributed by atoms with Crippen LogP contribution in [0.4, 0.5) is 11.4 Å². The van der Waals surface area contributed by atoms with Crippen molar-refractivity contribution in [1.82, 2.24) is 14.8 Å². The molecule has 7 rings (SSSR count). The van der Waals surface area contributed by atoms with Crippen LogP contribution in [0.15, 0.2) is 115 Å². The van der Waals surface area contributed by atoms with E-state index in [1.807, 2.05) is 78.9 Å². The minimum Gasteiger partial charge on any atom is -0.489 e. The van der Waals surface area contributed by atoms with Crippen LogP contribution in [0, 0.1) is 0 Å². The first kappa shape index (κ1) is 37.0. The Labute approximate surface area is 319 Å². The highest BCUT2D eigenvalue weighted by atomic mass is 16.5. The van der Waals surface area contributed by atoms with E-state index in [1.54, 1.807) is 0 Å². The Morgan fingerprint density at radius 1 is 0.556 bits per heavy atom. The molecule has 2 amide bonds. The molecule has 0 saturated carbocycles.